The van der Waals surface area contributed by atoms with E-state index in [9.17, 15) is 14.7 Å². The van der Waals surface area contributed by atoms with Gasteiger partial charge in [0.1, 0.15) is 0 Å². The quantitative estimate of drug-likeness (QED) is 0.618. The molecule has 0 saturated heterocycles. The van der Waals surface area contributed by atoms with E-state index in [1.165, 1.54) is 19.2 Å². The van der Waals surface area contributed by atoms with Crippen LogP contribution in [0.25, 0.3) is 0 Å². The Hall–Kier alpha value is -3.19. The molecular formula is C20H20ClN3O4. The molecule has 146 valence electrons. The molecule has 28 heavy (non-hydrogen) atoms. The molecule has 3 amide bonds. The number of carbonyl (C=O) groups is 2. The Labute approximate surface area is 167 Å². The maximum atomic E-state index is 12.9. The molecule has 8 heteroatoms. The van der Waals surface area contributed by atoms with Gasteiger partial charge in [0, 0.05) is 28.9 Å². The summed E-state index contributed by atoms with van der Waals surface area (Å²) >= 11 is 6.13. The molecule has 0 spiro atoms. The molecule has 0 saturated carbocycles. The van der Waals surface area contributed by atoms with Crippen LogP contribution in [-0.2, 0) is 11.3 Å². The molecule has 0 aromatic heterocycles. The Morgan fingerprint density at radius 2 is 2.00 bits per heavy atom. The summed E-state index contributed by atoms with van der Waals surface area (Å²) in [7, 11) is 1.39. The normalized spacial score (nSPS) is 16.2. The van der Waals surface area contributed by atoms with E-state index >= 15 is 0 Å². The lowest BCUT2D eigenvalue weighted by atomic mass is 9.93. The third-order valence-electron chi connectivity index (χ3n) is 4.41. The van der Waals surface area contributed by atoms with Gasteiger partial charge in [-0.1, -0.05) is 41.9 Å². The first-order valence-corrected chi connectivity index (χ1v) is 8.95. The predicted octanol–water partition coefficient (Wildman–Crippen LogP) is 3.00. The highest BCUT2D eigenvalue weighted by molar-refractivity contribution is 6.30. The number of aromatic hydroxyl groups is 1. The second-order valence-corrected chi connectivity index (χ2v) is 6.72. The van der Waals surface area contributed by atoms with Crippen molar-refractivity contribution in [3.63, 3.8) is 0 Å². The smallest absolute Gasteiger partial charge is 0.319 e. The van der Waals surface area contributed by atoms with Gasteiger partial charge in [-0.05, 0) is 18.6 Å². The fourth-order valence-electron chi connectivity index (χ4n) is 3.07. The van der Waals surface area contributed by atoms with E-state index in [2.05, 4.69) is 16.0 Å². The largest absolute Gasteiger partial charge is 0.504 e. The summed E-state index contributed by atoms with van der Waals surface area (Å²) < 4.78 is 5.13. The summed E-state index contributed by atoms with van der Waals surface area (Å²) in [6.45, 7) is 1.95. The SMILES string of the molecule is COc1cc(Cl)cc([C@H]2NC(=O)NC(C)=C2C(=O)NCc2ccccc2)c1O. The van der Waals surface area contributed by atoms with Gasteiger partial charge in [0.25, 0.3) is 5.91 Å². The van der Waals surface area contributed by atoms with E-state index < -0.39 is 12.1 Å². The summed E-state index contributed by atoms with van der Waals surface area (Å²) in [5.74, 6) is -0.422. The number of hydrogen-bond donors (Lipinski definition) is 4. The van der Waals surface area contributed by atoms with Gasteiger partial charge >= 0.3 is 6.03 Å². The lowest BCUT2D eigenvalue weighted by molar-refractivity contribution is -0.118. The van der Waals surface area contributed by atoms with Gasteiger partial charge in [-0.2, -0.15) is 0 Å². The van der Waals surface area contributed by atoms with Crippen LogP contribution in [0.2, 0.25) is 5.02 Å². The van der Waals surface area contributed by atoms with Crippen LogP contribution in [0, 0.1) is 0 Å². The van der Waals surface area contributed by atoms with Crippen LogP contribution in [0.5, 0.6) is 11.5 Å². The number of amides is 3. The van der Waals surface area contributed by atoms with E-state index in [1.54, 1.807) is 6.92 Å². The van der Waals surface area contributed by atoms with Crippen LogP contribution in [-0.4, -0.2) is 24.2 Å². The van der Waals surface area contributed by atoms with Gasteiger partial charge in [-0.25, -0.2) is 4.79 Å². The highest BCUT2D eigenvalue weighted by Gasteiger charge is 2.33. The zero-order valence-corrected chi connectivity index (χ0v) is 16.1. The number of allylic oxidation sites excluding steroid dienone is 1. The minimum atomic E-state index is -0.892. The van der Waals surface area contributed by atoms with E-state index in [-0.39, 0.29) is 28.5 Å². The predicted molar refractivity (Wildman–Crippen MR) is 105 cm³/mol. The Balaban J connectivity index is 1.95. The number of benzene rings is 2. The van der Waals surface area contributed by atoms with Crippen molar-refractivity contribution < 1.29 is 19.4 Å². The lowest BCUT2D eigenvalue weighted by Crippen LogP contribution is -2.47. The van der Waals surface area contributed by atoms with Crippen LogP contribution >= 0.6 is 11.6 Å². The first-order chi connectivity index (χ1) is 13.4. The molecule has 7 nitrogen and oxygen atoms in total. The molecule has 0 fully saturated rings. The molecule has 1 heterocycles. The number of carbonyl (C=O) groups excluding carboxylic acids is 2. The van der Waals surface area contributed by atoms with Crippen molar-refractivity contribution in [2.24, 2.45) is 0 Å². The monoisotopic (exact) mass is 401 g/mol. The molecule has 1 atom stereocenters. The second kappa shape index (κ2) is 8.22. The highest BCUT2D eigenvalue weighted by Crippen LogP contribution is 2.40. The number of urea groups is 1. The Morgan fingerprint density at radius 3 is 2.68 bits per heavy atom. The molecule has 4 N–H and O–H groups in total. The molecule has 0 radical (unpaired) electrons. The van der Waals surface area contributed by atoms with Crippen LogP contribution in [0.15, 0.2) is 53.7 Å². The number of phenols is 1. The summed E-state index contributed by atoms with van der Waals surface area (Å²) in [5, 5.41) is 18.9. The van der Waals surface area contributed by atoms with E-state index in [1.807, 2.05) is 30.3 Å². The van der Waals surface area contributed by atoms with Crippen molar-refractivity contribution in [3.8, 4) is 11.5 Å². The molecule has 2 aromatic rings. The third-order valence-corrected chi connectivity index (χ3v) is 4.63. The maximum Gasteiger partial charge on any atom is 0.319 e. The van der Waals surface area contributed by atoms with Gasteiger partial charge < -0.3 is 25.8 Å². The topological polar surface area (TPSA) is 99.7 Å². The molecule has 0 aliphatic carbocycles. The zero-order chi connectivity index (χ0) is 20.3. The van der Waals surface area contributed by atoms with Gasteiger partial charge in [-0.3, -0.25) is 4.79 Å². The molecule has 0 unspecified atom stereocenters. The third kappa shape index (κ3) is 4.04. The fourth-order valence-corrected chi connectivity index (χ4v) is 3.29. The minimum absolute atomic E-state index is 0.150. The number of halogens is 1. The second-order valence-electron chi connectivity index (χ2n) is 6.28. The summed E-state index contributed by atoms with van der Waals surface area (Å²) in [6.07, 6.45) is 0. The summed E-state index contributed by atoms with van der Waals surface area (Å²) in [4.78, 5) is 24.9. The number of hydrogen-bond acceptors (Lipinski definition) is 4. The fraction of sp³-hybridized carbons (Fsp3) is 0.200. The number of nitrogens with one attached hydrogen (secondary N) is 3. The molecule has 3 rings (SSSR count). The molecule has 1 aliphatic rings. The number of methoxy groups -OCH3 is 1. The lowest BCUT2D eigenvalue weighted by Gasteiger charge is -2.29. The van der Waals surface area contributed by atoms with Crippen molar-refractivity contribution in [2.75, 3.05) is 7.11 Å². The average molecular weight is 402 g/mol. The van der Waals surface area contributed by atoms with E-state index in [0.717, 1.165) is 5.56 Å². The number of ether oxygens (including phenoxy) is 1. The van der Waals surface area contributed by atoms with E-state index in [0.29, 0.717) is 17.3 Å². The average Bonchev–Trinajstić information content (AvgIpc) is 2.67. The first kappa shape index (κ1) is 19.6. The van der Waals surface area contributed by atoms with Crippen LogP contribution in [0.1, 0.15) is 24.1 Å². The standard InChI is InChI=1S/C20H20ClN3O4/c1-11-16(19(26)22-10-12-6-4-3-5-7-12)17(24-20(27)23-11)14-8-13(21)9-15(28-2)18(14)25/h3-9,17,25H,10H2,1-2H3,(H,22,26)(H2,23,24,27)/t17-/m1/s1. The van der Waals surface area contributed by atoms with Gasteiger partial charge in [0.15, 0.2) is 11.5 Å². The van der Waals surface area contributed by atoms with Crippen LogP contribution < -0.4 is 20.7 Å². The Morgan fingerprint density at radius 1 is 1.29 bits per heavy atom. The van der Waals surface area contributed by atoms with Crippen molar-refractivity contribution in [3.05, 3.63) is 69.9 Å². The first-order valence-electron chi connectivity index (χ1n) is 8.57. The highest BCUT2D eigenvalue weighted by atomic mass is 35.5. The van der Waals surface area contributed by atoms with Crippen molar-refractivity contribution in [1.82, 2.24) is 16.0 Å². The van der Waals surface area contributed by atoms with Crippen molar-refractivity contribution in [2.45, 2.75) is 19.5 Å². The number of phenolic OH excluding ortho intramolecular Hbond substituents is 1. The summed E-state index contributed by atoms with van der Waals surface area (Å²) in [6, 6.07) is 11.0. The van der Waals surface area contributed by atoms with Crippen LogP contribution in [0.4, 0.5) is 4.79 Å². The molecule has 1 aliphatic heterocycles. The Kier molecular flexibility index (Phi) is 5.75. The molecule has 0 bridgehead atoms. The van der Waals surface area contributed by atoms with Gasteiger partial charge in [0.2, 0.25) is 0 Å². The van der Waals surface area contributed by atoms with Crippen molar-refractivity contribution in [1.29, 1.82) is 0 Å². The maximum absolute atomic E-state index is 12.9. The molecular weight excluding hydrogens is 382 g/mol. The zero-order valence-electron chi connectivity index (χ0n) is 15.4. The van der Waals surface area contributed by atoms with E-state index in [4.69, 9.17) is 16.3 Å². The van der Waals surface area contributed by atoms with Gasteiger partial charge in [-0.15, -0.1) is 0 Å². The van der Waals surface area contributed by atoms with Crippen molar-refractivity contribution >= 4 is 23.5 Å². The molecule has 2 aromatic carbocycles. The number of rotatable bonds is 5. The van der Waals surface area contributed by atoms with Crippen LogP contribution in [0.3, 0.4) is 0 Å². The Bertz CT molecular complexity index is 944. The minimum Gasteiger partial charge on any atom is -0.504 e. The van der Waals surface area contributed by atoms with Gasteiger partial charge in [0.05, 0.1) is 18.7 Å². The summed E-state index contributed by atoms with van der Waals surface area (Å²) in [5.41, 5.74) is 1.86.